The molecule has 3 rings (SSSR count). The normalized spacial score (nSPS) is 20.8. The number of carbonyl (C=O) groups is 1. The van der Waals surface area contributed by atoms with Gasteiger partial charge in [-0.1, -0.05) is 0 Å². The average molecular weight is 332 g/mol. The Labute approximate surface area is 140 Å². The van der Waals surface area contributed by atoms with Gasteiger partial charge in [0.25, 0.3) is 0 Å². The molecule has 3 heterocycles. The molecule has 1 amide bonds. The molecular formula is C17H21FN4O2. The fourth-order valence-corrected chi connectivity index (χ4v) is 3.02. The monoisotopic (exact) mass is 332 g/mol. The Morgan fingerprint density at radius 3 is 3.17 bits per heavy atom. The summed E-state index contributed by atoms with van der Waals surface area (Å²) in [6.45, 7) is 1.20. The second kappa shape index (κ2) is 7.53. The van der Waals surface area contributed by atoms with Crippen LogP contribution < -0.4 is 5.32 Å². The third-order valence-electron chi connectivity index (χ3n) is 4.22. The van der Waals surface area contributed by atoms with Crippen molar-refractivity contribution in [2.75, 3.05) is 13.2 Å². The van der Waals surface area contributed by atoms with Gasteiger partial charge < -0.3 is 10.1 Å². The van der Waals surface area contributed by atoms with Crippen LogP contribution in [0.15, 0.2) is 30.7 Å². The highest BCUT2D eigenvalue weighted by molar-refractivity contribution is 5.78. The fourth-order valence-electron chi connectivity index (χ4n) is 3.02. The molecule has 0 spiro atoms. The maximum Gasteiger partial charge on any atom is 0.226 e. The van der Waals surface area contributed by atoms with E-state index in [0.717, 1.165) is 18.4 Å². The van der Waals surface area contributed by atoms with Gasteiger partial charge in [0.1, 0.15) is 5.82 Å². The highest BCUT2D eigenvalue weighted by atomic mass is 19.1. The van der Waals surface area contributed by atoms with Crippen molar-refractivity contribution >= 4 is 5.91 Å². The Balaban J connectivity index is 1.58. The van der Waals surface area contributed by atoms with Crippen molar-refractivity contribution in [1.82, 2.24) is 20.1 Å². The standard InChI is InChI=1S/C17H21FN4O2/c1-22-11-13(10-21-22)17-12(4-3-7-24-17)9-20-16(23)8-15-14(18)5-2-6-19-15/h2,5-6,10-12,17H,3-4,7-9H2,1H3,(H,20,23)/t12-,17+/m0/s1. The van der Waals surface area contributed by atoms with E-state index in [1.807, 2.05) is 13.2 Å². The molecule has 1 fully saturated rings. The Hall–Kier alpha value is -2.28. The Morgan fingerprint density at radius 2 is 2.42 bits per heavy atom. The summed E-state index contributed by atoms with van der Waals surface area (Å²) in [5.41, 5.74) is 1.19. The molecular weight excluding hydrogens is 311 g/mol. The molecule has 0 unspecified atom stereocenters. The van der Waals surface area contributed by atoms with Gasteiger partial charge in [-0.25, -0.2) is 4.39 Å². The number of halogens is 1. The van der Waals surface area contributed by atoms with Crippen molar-refractivity contribution in [1.29, 1.82) is 0 Å². The van der Waals surface area contributed by atoms with Gasteiger partial charge in [0.05, 0.1) is 24.4 Å². The summed E-state index contributed by atoms with van der Waals surface area (Å²) in [5, 5.41) is 7.07. The minimum absolute atomic E-state index is 0.0577. The number of rotatable bonds is 5. The second-order valence-corrected chi connectivity index (χ2v) is 6.05. The topological polar surface area (TPSA) is 69.0 Å². The van der Waals surface area contributed by atoms with Crippen molar-refractivity contribution in [2.24, 2.45) is 13.0 Å². The lowest BCUT2D eigenvalue weighted by molar-refractivity contribution is -0.121. The molecule has 0 bridgehead atoms. The predicted molar refractivity (Wildman–Crippen MR) is 85.5 cm³/mol. The second-order valence-electron chi connectivity index (χ2n) is 6.05. The molecule has 1 N–H and O–H groups in total. The third kappa shape index (κ3) is 3.97. The van der Waals surface area contributed by atoms with Gasteiger partial charge in [-0.2, -0.15) is 5.10 Å². The number of aromatic nitrogens is 3. The molecule has 1 saturated heterocycles. The van der Waals surface area contributed by atoms with Gasteiger partial charge in [-0.3, -0.25) is 14.5 Å². The average Bonchev–Trinajstić information content (AvgIpc) is 3.02. The van der Waals surface area contributed by atoms with Crippen molar-refractivity contribution in [2.45, 2.75) is 25.4 Å². The van der Waals surface area contributed by atoms with Gasteiger partial charge >= 0.3 is 0 Å². The summed E-state index contributed by atoms with van der Waals surface area (Å²) < 4.78 is 21.2. The van der Waals surface area contributed by atoms with Crippen LogP contribution in [0.1, 0.15) is 30.2 Å². The maximum atomic E-state index is 13.6. The number of pyridine rings is 1. The number of aryl methyl sites for hydroxylation is 1. The molecule has 6 nitrogen and oxygen atoms in total. The molecule has 7 heteroatoms. The molecule has 2 aromatic heterocycles. The van der Waals surface area contributed by atoms with Crippen LogP contribution in [0.25, 0.3) is 0 Å². The van der Waals surface area contributed by atoms with E-state index in [2.05, 4.69) is 15.4 Å². The van der Waals surface area contributed by atoms with Crippen LogP contribution in [0.4, 0.5) is 4.39 Å². The minimum Gasteiger partial charge on any atom is -0.373 e. The number of hydrogen-bond acceptors (Lipinski definition) is 4. The smallest absolute Gasteiger partial charge is 0.226 e. The number of nitrogens with zero attached hydrogens (tertiary/aromatic N) is 3. The first-order valence-electron chi connectivity index (χ1n) is 8.09. The quantitative estimate of drug-likeness (QED) is 0.906. The van der Waals surface area contributed by atoms with Gasteiger partial charge in [-0.15, -0.1) is 0 Å². The van der Waals surface area contributed by atoms with Gasteiger partial charge in [-0.05, 0) is 25.0 Å². The van der Waals surface area contributed by atoms with Crippen molar-refractivity contribution < 1.29 is 13.9 Å². The first-order chi connectivity index (χ1) is 11.6. The van der Waals surface area contributed by atoms with E-state index in [4.69, 9.17) is 4.74 Å². The highest BCUT2D eigenvalue weighted by Crippen LogP contribution is 2.32. The van der Waals surface area contributed by atoms with Crippen molar-refractivity contribution in [3.63, 3.8) is 0 Å². The van der Waals surface area contributed by atoms with Crippen molar-refractivity contribution in [3.8, 4) is 0 Å². The maximum absolute atomic E-state index is 13.6. The molecule has 1 aliphatic rings. The van der Waals surface area contributed by atoms with Crippen molar-refractivity contribution in [3.05, 3.63) is 47.8 Å². The largest absolute Gasteiger partial charge is 0.373 e. The van der Waals surface area contributed by atoms with Crippen LogP contribution in [0.5, 0.6) is 0 Å². The van der Waals surface area contributed by atoms with Crippen LogP contribution in [0.2, 0.25) is 0 Å². The molecule has 0 aromatic carbocycles. The molecule has 1 aliphatic heterocycles. The summed E-state index contributed by atoms with van der Waals surface area (Å²) in [6.07, 6.45) is 7.03. The van der Waals surface area contributed by atoms with Gasteiger partial charge in [0.2, 0.25) is 5.91 Å². The summed E-state index contributed by atoms with van der Waals surface area (Å²) in [5.74, 6) is -0.509. The van der Waals surface area contributed by atoms with E-state index >= 15 is 0 Å². The molecule has 128 valence electrons. The Bertz CT molecular complexity index is 703. The van der Waals surface area contributed by atoms with E-state index in [-0.39, 0.29) is 30.0 Å². The zero-order valence-corrected chi connectivity index (χ0v) is 13.6. The Kier molecular flexibility index (Phi) is 5.20. The zero-order chi connectivity index (χ0) is 16.9. The minimum atomic E-state index is -0.457. The zero-order valence-electron chi connectivity index (χ0n) is 13.6. The molecule has 2 atom stereocenters. The highest BCUT2D eigenvalue weighted by Gasteiger charge is 2.28. The summed E-state index contributed by atoms with van der Waals surface area (Å²) in [4.78, 5) is 16.0. The number of amides is 1. The first-order valence-corrected chi connectivity index (χ1v) is 8.09. The lowest BCUT2D eigenvalue weighted by atomic mass is 9.91. The first kappa shape index (κ1) is 16.6. The number of hydrogen-bond donors (Lipinski definition) is 1. The predicted octanol–water partition coefficient (Wildman–Crippen LogP) is 1.78. The summed E-state index contributed by atoms with van der Waals surface area (Å²) in [7, 11) is 1.87. The number of ether oxygens (including phenoxy) is 1. The fraction of sp³-hybridized carbons (Fsp3) is 0.471. The lowest BCUT2D eigenvalue weighted by Crippen LogP contribution is -2.36. The van der Waals surface area contributed by atoms with E-state index in [9.17, 15) is 9.18 Å². The lowest BCUT2D eigenvalue weighted by Gasteiger charge is -2.31. The summed E-state index contributed by atoms with van der Waals surface area (Å²) >= 11 is 0. The van der Waals surface area contributed by atoms with Gasteiger partial charge in [0.15, 0.2) is 0 Å². The molecule has 0 aliphatic carbocycles. The molecule has 24 heavy (non-hydrogen) atoms. The Morgan fingerprint density at radius 1 is 1.54 bits per heavy atom. The molecule has 2 aromatic rings. The van der Waals surface area contributed by atoms with E-state index in [1.54, 1.807) is 10.9 Å². The third-order valence-corrected chi connectivity index (χ3v) is 4.22. The van der Waals surface area contributed by atoms with Crippen LogP contribution in [0, 0.1) is 11.7 Å². The van der Waals surface area contributed by atoms with E-state index in [1.165, 1.54) is 18.3 Å². The van der Waals surface area contributed by atoms with Crippen LogP contribution in [-0.2, 0) is 23.0 Å². The SMILES string of the molecule is Cn1cc([C@@H]2OCCC[C@H]2CNC(=O)Cc2ncccc2F)cn1. The number of nitrogens with one attached hydrogen (secondary N) is 1. The number of carbonyl (C=O) groups excluding carboxylic acids is 1. The van der Waals surface area contributed by atoms with Crippen LogP contribution in [0.3, 0.4) is 0 Å². The molecule has 0 saturated carbocycles. The van der Waals surface area contributed by atoms with Crippen LogP contribution in [-0.4, -0.2) is 33.8 Å². The van der Waals surface area contributed by atoms with Crippen LogP contribution >= 0.6 is 0 Å². The summed E-state index contributed by atoms with van der Waals surface area (Å²) in [6, 6.07) is 2.82. The van der Waals surface area contributed by atoms with E-state index < -0.39 is 5.82 Å². The van der Waals surface area contributed by atoms with Gasteiger partial charge in [0, 0.05) is 44.1 Å². The van der Waals surface area contributed by atoms with E-state index in [0.29, 0.717) is 13.2 Å². The molecule has 0 radical (unpaired) electrons.